The third kappa shape index (κ3) is 2.45. The predicted molar refractivity (Wildman–Crippen MR) is 124 cm³/mol. The second-order valence-corrected chi connectivity index (χ2v) is 8.84. The Balaban J connectivity index is 1.87. The van der Waals surface area contributed by atoms with Gasteiger partial charge in [-0.05, 0) is 52.3 Å². The first kappa shape index (κ1) is 17.4. The van der Waals surface area contributed by atoms with Crippen LogP contribution in [0, 0.1) is 20.4 Å². The van der Waals surface area contributed by atoms with Gasteiger partial charge in [-0.25, -0.2) is 4.85 Å². The van der Waals surface area contributed by atoms with Crippen molar-refractivity contribution in [2.24, 2.45) is 7.05 Å². The van der Waals surface area contributed by atoms with Crippen LogP contribution in [0.3, 0.4) is 0 Å². The maximum absolute atomic E-state index is 8.66. The minimum Gasteiger partial charge on any atom is -0.238 e. The maximum atomic E-state index is 8.66. The average molecular weight is 391 g/mol. The summed E-state index contributed by atoms with van der Waals surface area (Å²) in [6.07, 6.45) is 0. The molecular formula is C28H25N2+. The van der Waals surface area contributed by atoms with Gasteiger partial charge in [-0.1, -0.05) is 56.3 Å². The number of rotatable bonds is 1. The smallest absolute Gasteiger partial charge is 0.220 e. The molecule has 4 aromatic rings. The first-order valence-electron chi connectivity index (χ1n) is 10.8. The van der Waals surface area contributed by atoms with E-state index in [0.29, 0.717) is 11.7 Å². The molecule has 1 aliphatic rings. The van der Waals surface area contributed by atoms with Gasteiger partial charge in [0.05, 0.1) is 18.9 Å². The van der Waals surface area contributed by atoms with Gasteiger partial charge in [0.2, 0.25) is 5.69 Å². The number of pyridine rings is 1. The summed E-state index contributed by atoms with van der Waals surface area (Å²) < 4.78 is 10.8. The van der Waals surface area contributed by atoms with E-state index in [9.17, 15) is 0 Å². The number of hydrogen-bond donors (Lipinski definition) is 0. The molecule has 1 aromatic heterocycles. The molecule has 1 aliphatic carbocycles. The van der Waals surface area contributed by atoms with Gasteiger partial charge >= 0.3 is 0 Å². The molecular weight excluding hydrogens is 364 g/mol. The Bertz CT molecular complexity index is 1450. The summed E-state index contributed by atoms with van der Waals surface area (Å²) in [4.78, 5) is 3.58. The Kier molecular flexibility index (Phi) is 3.65. The normalized spacial score (nSPS) is 14.2. The van der Waals surface area contributed by atoms with Gasteiger partial charge in [-0.2, -0.15) is 4.57 Å². The number of fused-ring (bicyclic) bond motifs is 4. The first-order chi connectivity index (χ1) is 14.8. The molecule has 0 aliphatic heterocycles. The van der Waals surface area contributed by atoms with Crippen LogP contribution in [0.4, 0.5) is 5.69 Å². The fourth-order valence-electron chi connectivity index (χ4n) is 4.98. The summed E-state index contributed by atoms with van der Waals surface area (Å²) >= 11 is 0. The molecule has 0 amide bonds. The molecule has 30 heavy (non-hydrogen) atoms. The second-order valence-electron chi connectivity index (χ2n) is 8.84. The SMILES string of the molecule is [2H]c1c(C)[n+](C)c(-c2cc3c(cc2C)-c2ccccc2C3(C)C)c2ccc([N+]#[C-])cc12. The van der Waals surface area contributed by atoms with Crippen LogP contribution in [0.15, 0.2) is 60.6 Å². The second kappa shape index (κ2) is 6.28. The Morgan fingerprint density at radius 2 is 1.70 bits per heavy atom. The first-order valence-corrected chi connectivity index (χ1v) is 10.3. The Labute approximate surface area is 179 Å². The molecule has 0 saturated carbocycles. The van der Waals surface area contributed by atoms with Crippen molar-refractivity contribution in [2.45, 2.75) is 33.1 Å². The monoisotopic (exact) mass is 390 g/mol. The number of aromatic nitrogens is 1. The van der Waals surface area contributed by atoms with Crippen molar-refractivity contribution >= 4 is 16.5 Å². The van der Waals surface area contributed by atoms with Crippen LogP contribution in [-0.4, -0.2) is 0 Å². The van der Waals surface area contributed by atoms with Crippen LogP contribution in [0.25, 0.3) is 38.0 Å². The van der Waals surface area contributed by atoms with Crippen LogP contribution in [0.1, 0.15) is 37.6 Å². The molecule has 146 valence electrons. The Morgan fingerprint density at radius 1 is 0.933 bits per heavy atom. The van der Waals surface area contributed by atoms with E-state index in [-0.39, 0.29) is 5.41 Å². The van der Waals surface area contributed by atoms with Crippen molar-refractivity contribution in [3.63, 3.8) is 0 Å². The molecule has 0 spiro atoms. The van der Waals surface area contributed by atoms with E-state index in [1.807, 2.05) is 32.2 Å². The molecule has 0 bridgehead atoms. The van der Waals surface area contributed by atoms with Gasteiger partial charge in [0.25, 0.3) is 0 Å². The maximum Gasteiger partial charge on any atom is 0.220 e. The van der Waals surface area contributed by atoms with Crippen molar-refractivity contribution in [3.05, 3.63) is 94.4 Å². The fraction of sp³-hybridized carbons (Fsp3) is 0.214. The lowest BCUT2D eigenvalue weighted by molar-refractivity contribution is -0.665. The highest BCUT2D eigenvalue weighted by Gasteiger charge is 2.36. The van der Waals surface area contributed by atoms with Gasteiger partial charge < -0.3 is 0 Å². The van der Waals surface area contributed by atoms with Crippen molar-refractivity contribution in [1.82, 2.24) is 0 Å². The summed E-state index contributed by atoms with van der Waals surface area (Å²) in [6.45, 7) is 16.1. The van der Waals surface area contributed by atoms with E-state index in [0.717, 1.165) is 22.2 Å². The zero-order chi connectivity index (χ0) is 22.1. The van der Waals surface area contributed by atoms with Crippen LogP contribution in [0.2, 0.25) is 0 Å². The molecule has 0 unspecified atom stereocenters. The fourth-order valence-corrected chi connectivity index (χ4v) is 4.98. The molecule has 5 rings (SSSR count). The number of aryl methyl sites for hydroxylation is 1. The topological polar surface area (TPSA) is 8.24 Å². The molecule has 0 N–H and O–H groups in total. The Hall–Kier alpha value is -3.44. The minimum atomic E-state index is -0.0651. The molecule has 0 saturated heterocycles. The van der Waals surface area contributed by atoms with Crippen LogP contribution in [0.5, 0.6) is 0 Å². The molecule has 3 aromatic carbocycles. The van der Waals surface area contributed by atoms with Crippen LogP contribution in [-0.2, 0) is 12.5 Å². The largest absolute Gasteiger partial charge is 0.238 e. The van der Waals surface area contributed by atoms with Gasteiger partial charge in [0, 0.05) is 18.4 Å². The summed E-state index contributed by atoms with van der Waals surface area (Å²) in [7, 11) is 2.04. The lowest BCUT2D eigenvalue weighted by Gasteiger charge is -2.22. The quantitative estimate of drug-likeness (QED) is 0.249. The van der Waals surface area contributed by atoms with Gasteiger partial charge in [-0.3, -0.25) is 0 Å². The van der Waals surface area contributed by atoms with E-state index in [1.165, 1.54) is 33.4 Å². The van der Waals surface area contributed by atoms with Crippen LogP contribution >= 0.6 is 0 Å². The number of benzene rings is 3. The van der Waals surface area contributed by atoms with Crippen molar-refractivity contribution in [1.29, 1.82) is 0 Å². The molecule has 1 heterocycles. The molecule has 0 radical (unpaired) electrons. The third-order valence-electron chi connectivity index (χ3n) is 6.73. The standard InChI is InChI=1S/C28H25N2/c1-17-13-24-22-9-7-8-10-25(22)28(3,4)26(24)16-23(17)27-21-12-11-20(29-5)15-19(21)14-18(2)30(27)6/h7-16H,1-4,6H3/q+1/i14D. The lowest BCUT2D eigenvalue weighted by atomic mass is 9.81. The van der Waals surface area contributed by atoms with E-state index in [2.05, 4.69) is 66.6 Å². The zero-order valence-electron chi connectivity index (χ0n) is 19.1. The number of hydrogen-bond acceptors (Lipinski definition) is 0. The molecule has 0 atom stereocenters. The van der Waals surface area contributed by atoms with E-state index in [4.69, 9.17) is 7.94 Å². The van der Waals surface area contributed by atoms with Crippen molar-refractivity contribution in [2.75, 3.05) is 0 Å². The molecule has 0 fully saturated rings. The number of nitrogens with zero attached hydrogens (tertiary/aromatic N) is 2. The zero-order valence-corrected chi connectivity index (χ0v) is 18.1. The third-order valence-corrected chi connectivity index (χ3v) is 6.73. The van der Waals surface area contributed by atoms with Crippen LogP contribution < -0.4 is 4.57 Å². The van der Waals surface area contributed by atoms with Gasteiger partial charge in [-0.15, -0.1) is 0 Å². The summed E-state index contributed by atoms with van der Waals surface area (Å²) in [5.74, 6) is 0. The highest BCUT2D eigenvalue weighted by atomic mass is 14.9. The van der Waals surface area contributed by atoms with Gasteiger partial charge in [0.1, 0.15) is 7.05 Å². The summed E-state index contributed by atoms with van der Waals surface area (Å²) in [5.41, 5.74) is 10.3. The average Bonchev–Trinajstić information content (AvgIpc) is 2.99. The Morgan fingerprint density at radius 3 is 2.47 bits per heavy atom. The van der Waals surface area contributed by atoms with E-state index in [1.54, 1.807) is 0 Å². The lowest BCUT2D eigenvalue weighted by Crippen LogP contribution is -2.35. The van der Waals surface area contributed by atoms with E-state index >= 15 is 0 Å². The highest BCUT2D eigenvalue weighted by Crippen LogP contribution is 2.50. The molecule has 2 nitrogen and oxygen atoms in total. The van der Waals surface area contributed by atoms with Crippen molar-refractivity contribution in [3.8, 4) is 22.4 Å². The molecule has 2 heteroatoms. The van der Waals surface area contributed by atoms with E-state index < -0.39 is 0 Å². The summed E-state index contributed by atoms with van der Waals surface area (Å²) in [5, 5.41) is 1.85. The van der Waals surface area contributed by atoms with Crippen molar-refractivity contribution < 1.29 is 5.94 Å². The summed E-state index contributed by atoms with van der Waals surface area (Å²) in [6, 6.07) is 19.6. The minimum absolute atomic E-state index is 0.0651. The highest BCUT2D eigenvalue weighted by molar-refractivity contribution is 5.97. The van der Waals surface area contributed by atoms with Gasteiger partial charge in [0.15, 0.2) is 11.4 Å². The predicted octanol–water partition coefficient (Wildman–Crippen LogP) is 6.81.